The van der Waals surface area contributed by atoms with Crippen molar-refractivity contribution in [3.05, 3.63) is 52.5 Å². The number of halogens is 1. The number of amides is 1. The fourth-order valence-corrected chi connectivity index (χ4v) is 2.41. The van der Waals surface area contributed by atoms with Crippen molar-refractivity contribution in [2.75, 3.05) is 11.9 Å². The molecule has 0 aliphatic rings. The highest BCUT2D eigenvalue weighted by atomic mass is 35.5. The summed E-state index contributed by atoms with van der Waals surface area (Å²) < 4.78 is 10.8. The molecule has 2 N–H and O–H groups in total. The zero-order valence-electron chi connectivity index (χ0n) is 14.7. The number of carboxylic acid groups (broad SMARTS) is 1. The van der Waals surface area contributed by atoms with Crippen LogP contribution in [-0.2, 0) is 4.79 Å². The van der Waals surface area contributed by atoms with Crippen molar-refractivity contribution in [1.29, 1.82) is 0 Å². The quantitative estimate of drug-likeness (QED) is 0.757. The minimum Gasteiger partial charge on any atom is -0.490 e. The van der Waals surface area contributed by atoms with E-state index in [2.05, 4.69) is 5.32 Å². The van der Waals surface area contributed by atoms with Crippen LogP contribution >= 0.6 is 11.6 Å². The molecule has 6 nitrogen and oxygen atoms in total. The number of hydrogen-bond acceptors (Lipinski definition) is 4. The Morgan fingerprint density at radius 3 is 2.54 bits per heavy atom. The molecular formula is C19H20ClNO5. The molecule has 0 unspecified atom stereocenters. The van der Waals surface area contributed by atoms with Gasteiger partial charge in [-0.25, -0.2) is 4.79 Å². The van der Waals surface area contributed by atoms with Crippen LogP contribution in [-0.4, -0.2) is 29.7 Å². The van der Waals surface area contributed by atoms with E-state index in [1.54, 1.807) is 43.3 Å². The Morgan fingerprint density at radius 1 is 1.19 bits per heavy atom. The highest BCUT2D eigenvalue weighted by Gasteiger charge is 2.16. The summed E-state index contributed by atoms with van der Waals surface area (Å²) in [5.41, 5.74) is 1.64. The fraction of sp³-hybridized carbons (Fsp3) is 0.263. The molecule has 26 heavy (non-hydrogen) atoms. The van der Waals surface area contributed by atoms with E-state index in [-0.39, 0.29) is 12.0 Å². The van der Waals surface area contributed by atoms with Crippen LogP contribution in [0.5, 0.6) is 11.5 Å². The summed E-state index contributed by atoms with van der Waals surface area (Å²) in [6, 6.07) is 9.77. The number of rotatable bonds is 7. The van der Waals surface area contributed by atoms with Crippen LogP contribution < -0.4 is 14.8 Å². The van der Waals surface area contributed by atoms with Crippen LogP contribution in [0.4, 0.5) is 5.69 Å². The van der Waals surface area contributed by atoms with Crippen molar-refractivity contribution in [3.8, 4) is 11.5 Å². The lowest BCUT2D eigenvalue weighted by Gasteiger charge is -2.15. The number of carbonyl (C=O) groups excluding carboxylic acids is 1. The zero-order valence-corrected chi connectivity index (χ0v) is 15.5. The Labute approximate surface area is 156 Å². The SMILES string of the molecule is Cc1cc(OCC(=O)O)ccc1NC(=O)c1cc(Cl)ccc1OC(C)C. The lowest BCUT2D eigenvalue weighted by Crippen LogP contribution is -2.16. The number of aryl methyl sites for hydroxylation is 1. The van der Waals surface area contributed by atoms with E-state index in [0.29, 0.717) is 27.8 Å². The average molecular weight is 378 g/mol. The van der Waals surface area contributed by atoms with Crippen LogP contribution in [0.3, 0.4) is 0 Å². The van der Waals surface area contributed by atoms with Gasteiger partial charge in [-0.3, -0.25) is 4.79 Å². The Bertz CT molecular complexity index is 820. The second-order valence-corrected chi connectivity index (χ2v) is 6.36. The van der Waals surface area contributed by atoms with Gasteiger partial charge in [-0.2, -0.15) is 0 Å². The molecule has 2 rings (SSSR count). The van der Waals surface area contributed by atoms with E-state index in [1.807, 2.05) is 13.8 Å². The molecule has 2 aromatic carbocycles. The maximum atomic E-state index is 12.7. The van der Waals surface area contributed by atoms with Gasteiger partial charge < -0.3 is 19.9 Å². The summed E-state index contributed by atoms with van der Waals surface area (Å²) in [5, 5.41) is 11.9. The molecule has 2 aromatic rings. The second-order valence-electron chi connectivity index (χ2n) is 5.92. The standard InChI is InChI=1S/C19H20ClNO5/c1-11(2)26-17-7-4-13(20)9-15(17)19(24)21-16-6-5-14(8-12(16)3)25-10-18(22)23/h4-9,11H,10H2,1-3H3,(H,21,24)(H,22,23). The van der Waals surface area contributed by atoms with Gasteiger partial charge in [0.2, 0.25) is 0 Å². The summed E-state index contributed by atoms with van der Waals surface area (Å²) in [5.74, 6) is -0.556. The third-order valence-electron chi connectivity index (χ3n) is 3.36. The van der Waals surface area contributed by atoms with E-state index < -0.39 is 12.6 Å². The molecule has 0 radical (unpaired) electrons. The molecule has 1 amide bonds. The number of carbonyl (C=O) groups is 2. The lowest BCUT2D eigenvalue weighted by molar-refractivity contribution is -0.139. The molecule has 0 heterocycles. The highest BCUT2D eigenvalue weighted by molar-refractivity contribution is 6.31. The molecule has 0 fully saturated rings. The number of aliphatic carboxylic acids is 1. The molecule has 7 heteroatoms. The van der Waals surface area contributed by atoms with Gasteiger partial charge in [-0.1, -0.05) is 11.6 Å². The van der Waals surface area contributed by atoms with Crippen molar-refractivity contribution in [1.82, 2.24) is 0 Å². The van der Waals surface area contributed by atoms with Crippen LogP contribution in [0.1, 0.15) is 29.8 Å². The first-order chi connectivity index (χ1) is 12.3. The van der Waals surface area contributed by atoms with Gasteiger partial charge in [0.15, 0.2) is 6.61 Å². The number of anilines is 1. The Hall–Kier alpha value is -2.73. The van der Waals surface area contributed by atoms with Gasteiger partial charge in [0.1, 0.15) is 11.5 Å². The Balaban J connectivity index is 2.19. The molecule has 0 aliphatic heterocycles. The van der Waals surface area contributed by atoms with E-state index in [4.69, 9.17) is 26.2 Å². The zero-order chi connectivity index (χ0) is 19.3. The topological polar surface area (TPSA) is 84.9 Å². The normalized spacial score (nSPS) is 10.5. The van der Waals surface area contributed by atoms with Gasteiger partial charge in [0, 0.05) is 10.7 Å². The molecule has 0 aromatic heterocycles. The van der Waals surface area contributed by atoms with Gasteiger partial charge in [-0.05, 0) is 62.7 Å². The molecule has 0 saturated heterocycles. The smallest absolute Gasteiger partial charge is 0.341 e. The highest BCUT2D eigenvalue weighted by Crippen LogP contribution is 2.27. The van der Waals surface area contributed by atoms with Crippen LogP contribution in [0, 0.1) is 6.92 Å². The summed E-state index contributed by atoms with van der Waals surface area (Å²) >= 11 is 6.01. The van der Waals surface area contributed by atoms with Crippen molar-refractivity contribution in [2.45, 2.75) is 26.9 Å². The summed E-state index contributed by atoms with van der Waals surface area (Å²) in [6.45, 7) is 5.10. The van der Waals surface area contributed by atoms with Crippen LogP contribution in [0.25, 0.3) is 0 Å². The fourth-order valence-electron chi connectivity index (χ4n) is 2.24. The number of carboxylic acids is 1. The minimum absolute atomic E-state index is 0.0878. The first kappa shape index (κ1) is 19.6. The van der Waals surface area contributed by atoms with Gasteiger partial charge in [0.25, 0.3) is 5.91 Å². The van der Waals surface area contributed by atoms with Gasteiger partial charge >= 0.3 is 5.97 Å². The van der Waals surface area contributed by atoms with Crippen LogP contribution in [0.2, 0.25) is 5.02 Å². The summed E-state index contributed by atoms with van der Waals surface area (Å²) in [4.78, 5) is 23.2. The molecular weight excluding hydrogens is 358 g/mol. The van der Waals surface area contributed by atoms with E-state index in [0.717, 1.165) is 5.56 Å². The molecule has 138 valence electrons. The second kappa shape index (κ2) is 8.58. The molecule has 0 bridgehead atoms. The summed E-state index contributed by atoms with van der Waals surface area (Å²) in [6.07, 6.45) is -0.0878. The number of hydrogen-bond donors (Lipinski definition) is 2. The Morgan fingerprint density at radius 2 is 1.92 bits per heavy atom. The van der Waals surface area contributed by atoms with Gasteiger partial charge in [-0.15, -0.1) is 0 Å². The third kappa shape index (κ3) is 5.39. The largest absolute Gasteiger partial charge is 0.490 e. The molecule has 0 saturated carbocycles. The first-order valence-corrected chi connectivity index (χ1v) is 8.37. The monoisotopic (exact) mass is 377 g/mol. The van der Waals surface area contributed by atoms with E-state index in [1.165, 1.54) is 0 Å². The van der Waals surface area contributed by atoms with Crippen molar-refractivity contribution >= 4 is 29.2 Å². The molecule has 0 aliphatic carbocycles. The van der Waals surface area contributed by atoms with Crippen molar-refractivity contribution < 1.29 is 24.2 Å². The maximum absolute atomic E-state index is 12.7. The predicted octanol–water partition coefficient (Wildman–Crippen LogP) is 4.15. The van der Waals surface area contributed by atoms with Crippen molar-refractivity contribution in [2.24, 2.45) is 0 Å². The lowest BCUT2D eigenvalue weighted by atomic mass is 10.1. The van der Waals surface area contributed by atoms with Crippen LogP contribution in [0.15, 0.2) is 36.4 Å². The number of benzene rings is 2. The maximum Gasteiger partial charge on any atom is 0.341 e. The van der Waals surface area contributed by atoms with Crippen molar-refractivity contribution in [3.63, 3.8) is 0 Å². The van der Waals surface area contributed by atoms with E-state index >= 15 is 0 Å². The first-order valence-electron chi connectivity index (χ1n) is 7.99. The predicted molar refractivity (Wildman–Crippen MR) is 99.5 cm³/mol. The minimum atomic E-state index is -1.06. The third-order valence-corrected chi connectivity index (χ3v) is 3.59. The van der Waals surface area contributed by atoms with Gasteiger partial charge in [0.05, 0.1) is 11.7 Å². The number of nitrogens with one attached hydrogen (secondary N) is 1. The average Bonchev–Trinajstić information content (AvgIpc) is 2.56. The summed E-state index contributed by atoms with van der Waals surface area (Å²) in [7, 11) is 0. The van der Waals surface area contributed by atoms with E-state index in [9.17, 15) is 9.59 Å². The molecule has 0 atom stereocenters. The molecule has 0 spiro atoms. The number of ether oxygens (including phenoxy) is 2. The Kier molecular flexibility index (Phi) is 6.46.